The number of nitrogens with one attached hydrogen (secondary N) is 2. The number of carbonyl (C=O) groups excluding carboxylic acids is 1. The molecule has 1 aromatic carbocycles. The SMILES string of the molecule is CCc1cc(NC(=O)NCC(O)C(C)C)ccc1C. The molecular weight excluding hydrogens is 240 g/mol. The summed E-state index contributed by atoms with van der Waals surface area (Å²) in [5.74, 6) is 0.131. The Morgan fingerprint density at radius 2 is 2.05 bits per heavy atom. The normalized spacial score (nSPS) is 12.3. The monoisotopic (exact) mass is 264 g/mol. The molecule has 1 unspecified atom stereocenters. The minimum absolute atomic E-state index is 0.131. The van der Waals surface area contributed by atoms with E-state index < -0.39 is 6.10 Å². The molecule has 0 aliphatic carbocycles. The van der Waals surface area contributed by atoms with Crippen molar-refractivity contribution in [3.63, 3.8) is 0 Å². The smallest absolute Gasteiger partial charge is 0.319 e. The van der Waals surface area contributed by atoms with Gasteiger partial charge in [-0.3, -0.25) is 0 Å². The highest BCUT2D eigenvalue weighted by atomic mass is 16.3. The van der Waals surface area contributed by atoms with E-state index >= 15 is 0 Å². The van der Waals surface area contributed by atoms with Crippen molar-refractivity contribution in [2.24, 2.45) is 5.92 Å². The molecule has 0 aliphatic heterocycles. The molecule has 19 heavy (non-hydrogen) atoms. The third-order valence-corrected chi connectivity index (χ3v) is 3.23. The van der Waals surface area contributed by atoms with E-state index in [1.165, 1.54) is 11.1 Å². The highest BCUT2D eigenvalue weighted by Gasteiger charge is 2.10. The predicted molar refractivity (Wildman–Crippen MR) is 78.4 cm³/mol. The number of benzene rings is 1. The number of hydrogen-bond donors (Lipinski definition) is 3. The number of aliphatic hydroxyl groups excluding tert-OH is 1. The van der Waals surface area contributed by atoms with Crippen LogP contribution in [0.1, 0.15) is 31.9 Å². The molecule has 1 atom stereocenters. The quantitative estimate of drug-likeness (QED) is 0.765. The maximum absolute atomic E-state index is 11.7. The summed E-state index contributed by atoms with van der Waals surface area (Å²) in [6.45, 7) is 8.23. The number of urea groups is 1. The number of carbonyl (C=O) groups is 1. The van der Waals surface area contributed by atoms with Crippen LogP contribution in [0.5, 0.6) is 0 Å². The zero-order valence-corrected chi connectivity index (χ0v) is 12.2. The van der Waals surface area contributed by atoms with Gasteiger partial charge in [0.2, 0.25) is 0 Å². The minimum atomic E-state index is -0.519. The van der Waals surface area contributed by atoms with Crippen molar-refractivity contribution in [1.82, 2.24) is 5.32 Å². The van der Waals surface area contributed by atoms with Gasteiger partial charge in [-0.05, 0) is 42.5 Å². The van der Waals surface area contributed by atoms with Crippen molar-refractivity contribution in [2.45, 2.75) is 40.2 Å². The Labute approximate surface area is 115 Å². The number of aryl methyl sites for hydroxylation is 2. The van der Waals surface area contributed by atoms with Crippen LogP contribution in [0, 0.1) is 12.8 Å². The fraction of sp³-hybridized carbons (Fsp3) is 0.533. The maximum atomic E-state index is 11.7. The van der Waals surface area contributed by atoms with Crippen molar-refractivity contribution in [3.8, 4) is 0 Å². The first-order valence-electron chi connectivity index (χ1n) is 6.76. The number of hydrogen-bond acceptors (Lipinski definition) is 2. The Balaban J connectivity index is 2.53. The van der Waals surface area contributed by atoms with Gasteiger partial charge >= 0.3 is 6.03 Å². The van der Waals surface area contributed by atoms with E-state index in [0.717, 1.165) is 12.1 Å². The molecule has 106 valence electrons. The summed E-state index contributed by atoms with van der Waals surface area (Å²) in [6.07, 6.45) is 0.421. The van der Waals surface area contributed by atoms with Gasteiger partial charge in [-0.2, -0.15) is 0 Å². The molecule has 1 rings (SSSR count). The zero-order valence-electron chi connectivity index (χ0n) is 12.2. The Morgan fingerprint density at radius 1 is 1.37 bits per heavy atom. The van der Waals surface area contributed by atoms with Crippen LogP contribution in [0.25, 0.3) is 0 Å². The lowest BCUT2D eigenvalue weighted by Crippen LogP contribution is -2.37. The summed E-state index contributed by atoms with van der Waals surface area (Å²) in [5.41, 5.74) is 3.22. The van der Waals surface area contributed by atoms with Gasteiger partial charge in [0.15, 0.2) is 0 Å². The zero-order chi connectivity index (χ0) is 14.4. The van der Waals surface area contributed by atoms with E-state index in [2.05, 4.69) is 24.5 Å². The first-order valence-corrected chi connectivity index (χ1v) is 6.76. The fourth-order valence-electron chi connectivity index (χ4n) is 1.74. The fourth-order valence-corrected chi connectivity index (χ4v) is 1.74. The highest BCUT2D eigenvalue weighted by Crippen LogP contribution is 2.15. The van der Waals surface area contributed by atoms with Crippen LogP contribution < -0.4 is 10.6 Å². The summed E-state index contributed by atoms with van der Waals surface area (Å²) in [6, 6.07) is 5.57. The lowest BCUT2D eigenvalue weighted by Gasteiger charge is -2.15. The predicted octanol–water partition coefficient (Wildman–Crippen LogP) is 2.70. The summed E-state index contributed by atoms with van der Waals surface area (Å²) in [7, 11) is 0. The molecule has 0 saturated heterocycles. The number of aliphatic hydroxyl groups is 1. The summed E-state index contributed by atoms with van der Waals surface area (Å²) in [4.78, 5) is 11.7. The van der Waals surface area contributed by atoms with Crippen molar-refractivity contribution >= 4 is 11.7 Å². The first-order chi connectivity index (χ1) is 8.93. The van der Waals surface area contributed by atoms with Crippen molar-refractivity contribution in [2.75, 3.05) is 11.9 Å². The number of anilines is 1. The minimum Gasteiger partial charge on any atom is -0.391 e. The first kappa shape index (κ1) is 15.5. The average molecular weight is 264 g/mol. The van der Waals surface area contributed by atoms with Gasteiger partial charge in [0, 0.05) is 12.2 Å². The van der Waals surface area contributed by atoms with E-state index in [9.17, 15) is 9.90 Å². The molecule has 0 aliphatic rings. The van der Waals surface area contributed by atoms with Crippen LogP contribution in [0.15, 0.2) is 18.2 Å². The van der Waals surface area contributed by atoms with Crippen LogP contribution in [0.3, 0.4) is 0 Å². The van der Waals surface area contributed by atoms with Gasteiger partial charge in [0.1, 0.15) is 0 Å². The molecule has 1 aromatic rings. The molecule has 0 bridgehead atoms. The topological polar surface area (TPSA) is 61.4 Å². The molecule has 0 aromatic heterocycles. The second-order valence-corrected chi connectivity index (χ2v) is 5.14. The Hall–Kier alpha value is -1.55. The van der Waals surface area contributed by atoms with Crippen LogP contribution in [-0.4, -0.2) is 23.8 Å². The largest absolute Gasteiger partial charge is 0.391 e. The molecule has 0 heterocycles. The third-order valence-electron chi connectivity index (χ3n) is 3.23. The third kappa shape index (κ3) is 4.91. The van der Waals surface area contributed by atoms with E-state index in [0.29, 0.717) is 0 Å². The van der Waals surface area contributed by atoms with Crippen LogP contribution in [-0.2, 0) is 6.42 Å². The molecule has 4 heteroatoms. The Kier molecular flexibility index (Phi) is 5.83. The van der Waals surface area contributed by atoms with Crippen molar-refractivity contribution < 1.29 is 9.90 Å². The lowest BCUT2D eigenvalue weighted by atomic mass is 10.1. The van der Waals surface area contributed by atoms with E-state index in [4.69, 9.17) is 0 Å². The highest BCUT2D eigenvalue weighted by molar-refractivity contribution is 5.89. The van der Waals surface area contributed by atoms with Gasteiger partial charge in [0.05, 0.1) is 6.10 Å². The molecule has 4 nitrogen and oxygen atoms in total. The molecule has 0 spiro atoms. The standard InChI is InChI=1S/C15H24N2O2/c1-5-12-8-13(7-6-11(12)4)17-15(19)16-9-14(18)10(2)3/h6-8,10,14,18H,5,9H2,1-4H3,(H2,16,17,19). The molecule has 0 fully saturated rings. The van der Waals surface area contributed by atoms with Crippen molar-refractivity contribution in [1.29, 1.82) is 0 Å². The maximum Gasteiger partial charge on any atom is 0.319 e. The van der Waals surface area contributed by atoms with Gasteiger partial charge in [-0.1, -0.05) is 26.8 Å². The Morgan fingerprint density at radius 3 is 2.63 bits per heavy atom. The van der Waals surface area contributed by atoms with Gasteiger partial charge in [-0.25, -0.2) is 4.79 Å². The molecule has 0 saturated carbocycles. The lowest BCUT2D eigenvalue weighted by molar-refractivity contribution is 0.126. The summed E-state index contributed by atoms with van der Waals surface area (Å²) in [5, 5.41) is 15.1. The van der Waals surface area contributed by atoms with E-state index in [1.807, 2.05) is 32.0 Å². The summed E-state index contributed by atoms with van der Waals surface area (Å²) < 4.78 is 0. The van der Waals surface area contributed by atoms with Gasteiger partial charge < -0.3 is 15.7 Å². The number of amides is 2. The molecule has 0 radical (unpaired) electrons. The van der Waals surface area contributed by atoms with E-state index in [-0.39, 0.29) is 18.5 Å². The van der Waals surface area contributed by atoms with Gasteiger partial charge in [-0.15, -0.1) is 0 Å². The molecule has 2 amide bonds. The van der Waals surface area contributed by atoms with Crippen LogP contribution in [0.4, 0.5) is 10.5 Å². The second kappa shape index (κ2) is 7.14. The Bertz CT molecular complexity index is 430. The van der Waals surface area contributed by atoms with Crippen LogP contribution >= 0.6 is 0 Å². The second-order valence-electron chi connectivity index (χ2n) is 5.14. The van der Waals surface area contributed by atoms with Crippen LogP contribution in [0.2, 0.25) is 0 Å². The van der Waals surface area contributed by atoms with Crippen molar-refractivity contribution in [3.05, 3.63) is 29.3 Å². The molecule has 3 N–H and O–H groups in total. The van der Waals surface area contributed by atoms with E-state index in [1.54, 1.807) is 0 Å². The van der Waals surface area contributed by atoms with Gasteiger partial charge in [0.25, 0.3) is 0 Å². The number of rotatable bonds is 5. The average Bonchev–Trinajstić information content (AvgIpc) is 2.38. The summed E-state index contributed by atoms with van der Waals surface area (Å²) >= 11 is 0. The molecular formula is C15H24N2O2.